The molecule has 0 atom stereocenters. The standard InChI is InChI=1S/C6H9NO/c1-4-5(7)2-3-6(4)8/h2-3,7H2,1H3. The molecule has 0 radical (unpaired) electrons. The van der Waals surface area contributed by atoms with Gasteiger partial charge in [0.1, 0.15) is 0 Å². The van der Waals surface area contributed by atoms with Crippen LogP contribution < -0.4 is 5.73 Å². The third kappa shape index (κ3) is 0.619. The van der Waals surface area contributed by atoms with E-state index in [9.17, 15) is 4.79 Å². The minimum atomic E-state index is 0.211. The van der Waals surface area contributed by atoms with Gasteiger partial charge >= 0.3 is 0 Å². The summed E-state index contributed by atoms with van der Waals surface area (Å²) in [4.78, 5) is 10.6. The van der Waals surface area contributed by atoms with Crippen molar-refractivity contribution in [2.45, 2.75) is 19.8 Å². The maximum atomic E-state index is 10.6. The van der Waals surface area contributed by atoms with E-state index in [1.165, 1.54) is 0 Å². The van der Waals surface area contributed by atoms with Crippen molar-refractivity contribution in [2.75, 3.05) is 0 Å². The minimum Gasteiger partial charge on any atom is -0.402 e. The fraction of sp³-hybridized carbons (Fsp3) is 0.500. The van der Waals surface area contributed by atoms with Crippen LogP contribution in [0.2, 0.25) is 0 Å². The molecule has 0 saturated carbocycles. The maximum Gasteiger partial charge on any atom is 0.160 e. The van der Waals surface area contributed by atoms with Crippen LogP contribution in [-0.2, 0) is 4.79 Å². The lowest BCUT2D eigenvalue weighted by molar-refractivity contribution is -0.114. The van der Waals surface area contributed by atoms with Gasteiger partial charge in [-0.25, -0.2) is 0 Å². The largest absolute Gasteiger partial charge is 0.402 e. The fourth-order valence-electron chi connectivity index (χ4n) is 0.802. The van der Waals surface area contributed by atoms with E-state index in [2.05, 4.69) is 0 Å². The van der Waals surface area contributed by atoms with Crippen LogP contribution in [0.1, 0.15) is 19.8 Å². The molecule has 1 aliphatic carbocycles. The quantitative estimate of drug-likeness (QED) is 0.497. The normalized spacial score (nSPS) is 20.4. The monoisotopic (exact) mass is 111 g/mol. The first kappa shape index (κ1) is 5.35. The molecule has 0 aromatic heterocycles. The van der Waals surface area contributed by atoms with E-state index in [-0.39, 0.29) is 5.78 Å². The predicted molar refractivity (Wildman–Crippen MR) is 31.1 cm³/mol. The van der Waals surface area contributed by atoms with Gasteiger partial charge in [0.15, 0.2) is 5.78 Å². The van der Waals surface area contributed by atoms with Gasteiger partial charge in [-0.3, -0.25) is 4.79 Å². The molecular formula is C6H9NO. The van der Waals surface area contributed by atoms with Gasteiger partial charge in [-0.1, -0.05) is 0 Å². The molecule has 0 aliphatic heterocycles. The highest BCUT2D eigenvalue weighted by Crippen LogP contribution is 2.16. The van der Waals surface area contributed by atoms with Gasteiger partial charge in [-0.05, 0) is 13.3 Å². The number of Topliss-reactive ketones (excluding diaryl/α,β-unsaturated/α-hetero) is 1. The van der Waals surface area contributed by atoms with Crippen molar-refractivity contribution >= 4 is 5.78 Å². The number of nitrogens with two attached hydrogens (primary N) is 1. The van der Waals surface area contributed by atoms with E-state index < -0.39 is 0 Å². The van der Waals surface area contributed by atoms with Crippen molar-refractivity contribution in [1.29, 1.82) is 0 Å². The summed E-state index contributed by atoms with van der Waals surface area (Å²) >= 11 is 0. The number of carbonyl (C=O) groups is 1. The molecule has 0 amide bonds. The summed E-state index contributed by atoms with van der Waals surface area (Å²) in [5.74, 6) is 0.211. The molecule has 44 valence electrons. The molecule has 0 aromatic rings. The van der Waals surface area contributed by atoms with Crippen molar-refractivity contribution in [2.24, 2.45) is 5.73 Å². The molecule has 0 aromatic carbocycles. The van der Waals surface area contributed by atoms with Gasteiger partial charge in [0.2, 0.25) is 0 Å². The van der Waals surface area contributed by atoms with Crippen molar-refractivity contribution in [1.82, 2.24) is 0 Å². The summed E-state index contributed by atoms with van der Waals surface area (Å²) < 4.78 is 0. The van der Waals surface area contributed by atoms with Gasteiger partial charge in [0.25, 0.3) is 0 Å². The summed E-state index contributed by atoms with van der Waals surface area (Å²) in [7, 11) is 0. The lowest BCUT2D eigenvalue weighted by atomic mass is 10.2. The number of ketones is 1. The van der Waals surface area contributed by atoms with Crippen molar-refractivity contribution in [3.05, 3.63) is 11.3 Å². The Morgan fingerprint density at radius 2 is 2.12 bits per heavy atom. The summed E-state index contributed by atoms with van der Waals surface area (Å²) in [6.07, 6.45) is 1.39. The molecule has 1 aliphatic rings. The van der Waals surface area contributed by atoms with Crippen LogP contribution in [0, 0.1) is 0 Å². The average molecular weight is 111 g/mol. The Morgan fingerprint density at radius 3 is 2.25 bits per heavy atom. The molecule has 0 bridgehead atoms. The lowest BCUT2D eigenvalue weighted by Gasteiger charge is -1.87. The Morgan fingerprint density at radius 1 is 1.50 bits per heavy atom. The van der Waals surface area contributed by atoms with E-state index >= 15 is 0 Å². The van der Waals surface area contributed by atoms with Crippen LogP contribution in [0.4, 0.5) is 0 Å². The minimum absolute atomic E-state index is 0.211. The van der Waals surface area contributed by atoms with Gasteiger partial charge in [0, 0.05) is 17.7 Å². The van der Waals surface area contributed by atoms with Crippen LogP contribution in [0.15, 0.2) is 11.3 Å². The molecule has 0 fully saturated rings. The third-order valence-electron chi connectivity index (χ3n) is 1.52. The van der Waals surface area contributed by atoms with Crippen LogP contribution in [0.25, 0.3) is 0 Å². The molecular weight excluding hydrogens is 102 g/mol. The van der Waals surface area contributed by atoms with Crippen LogP contribution in [0.5, 0.6) is 0 Å². The molecule has 2 nitrogen and oxygen atoms in total. The first-order valence-corrected chi connectivity index (χ1v) is 2.70. The molecule has 0 saturated heterocycles. The average Bonchev–Trinajstić information content (AvgIpc) is 1.98. The van der Waals surface area contributed by atoms with Crippen molar-refractivity contribution in [3.63, 3.8) is 0 Å². The highest BCUT2D eigenvalue weighted by Gasteiger charge is 2.15. The zero-order valence-electron chi connectivity index (χ0n) is 4.90. The number of carbonyl (C=O) groups excluding carboxylic acids is 1. The Kier molecular flexibility index (Phi) is 1.08. The Labute approximate surface area is 48.4 Å². The molecule has 2 N–H and O–H groups in total. The van der Waals surface area contributed by atoms with E-state index in [1.807, 2.05) is 0 Å². The second-order valence-corrected chi connectivity index (χ2v) is 2.07. The number of allylic oxidation sites excluding steroid dienone is 2. The van der Waals surface area contributed by atoms with E-state index in [1.54, 1.807) is 6.92 Å². The second-order valence-electron chi connectivity index (χ2n) is 2.07. The first-order valence-electron chi connectivity index (χ1n) is 2.70. The molecule has 8 heavy (non-hydrogen) atoms. The van der Waals surface area contributed by atoms with Crippen molar-refractivity contribution < 1.29 is 4.79 Å². The molecule has 1 rings (SSSR count). The summed E-state index contributed by atoms with van der Waals surface area (Å²) in [6.45, 7) is 1.78. The smallest absolute Gasteiger partial charge is 0.160 e. The van der Waals surface area contributed by atoms with Gasteiger partial charge < -0.3 is 5.73 Å². The van der Waals surface area contributed by atoms with Crippen molar-refractivity contribution in [3.8, 4) is 0 Å². The third-order valence-corrected chi connectivity index (χ3v) is 1.52. The topological polar surface area (TPSA) is 43.1 Å². The van der Waals surface area contributed by atoms with E-state index in [4.69, 9.17) is 5.73 Å². The summed E-state index contributed by atoms with van der Waals surface area (Å²) in [5.41, 5.74) is 6.97. The zero-order chi connectivity index (χ0) is 6.15. The highest BCUT2D eigenvalue weighted by molar-refractivity contribution is 5.97. The number of hydrogen-bond donors (Lipinski definition) is 1. The van der Waals surface area contributed by atoms with Crippen LogP contribution in [0.3, 0.4) is 0 Å². The fourth-order valence-corrected chi connectivity index (χ4v) is 0.802. The summed E-state index contributed by atoms with van der Waals surface area (Å²) in [5, 5.41) is 0. The molecule has 0 heterocycles. The SMILES string of the molecule is CC1=C(N)CCC1=O. The van der Waals surface area contributed by atoms with Gasteiger partial charge in [0.05, 0.1) is 0 Å². The predicted octanol–water partition coefficient (Wildman–Crippen LogP) is 0.582. The molecule has 2 heteroatoms. The maximum absolute atomic E-state index is 10.6. The molecule has 0 unspecified atom stereocenters. The Balaban J connectivity index is 2.86. The highest BCUT2D eigenvalue weighted by atomic mass is 16.1. The zero-order valence-corrected chi connectivity index (χ0v) is 4.90. The van der Waals surface area contributed by atoms with E-state index in [0.717, 1.165) is 17.7 Å². The van der Waals surface area contributed by atoms with Crippen LogP contribution >= 0.6 is 0 Å². The van der Waals surface area contributed by atoms with Crippen LogP contribution in [-0.4, -0.2) is 5.78 Å². The lowest BCUT2D eigenvalue weighted by Crippen LogP contribution is -1.95. The van der Waals surface area contributed by atoms with Gasteiger partial charge in [-0.15, -0.1) is 0 Å². The first-order chi connectivity index (χ1) is 3.72. The summed E-state index contributed by atoms with van der Waals surface area (Å²) in [6, 6.07) is 0. The Hall–Kier alpha value is -0.790. The van der Waals surface area contributed by atoms with Gasteiger partial charge in [-0.2, -0.15) is 0 Å². The second kappa shape index (κ2) is 1.62. The number of rotatable bonds is 0. The Bertz CT molecular complexity index is 158. The number of hydrogen-bond acceptors (Lipinski definition) is 2. The van der Waals surface area contributed by atoms with E-state index in [0.29, 0.717) is 6.42 Å². The molecule has 0 spiro atoms.